The lowest BCUT2D eigenvalue weighted by Gasteiger charge is -2.05. The van der Waals surface area contributed by atoms with Gasteiger partial charge in [0.25, 0.3) is 0 Å². The molecule has 0 atom stereocenters. The number of carbonyl (C=O) groups is 1. The molecule has 0 aromatic rings. The van der Waals surface area contributed by atoms with E-state index in [1.807, 2.05) is 0 Å². The molecule has 0 radical (unpaired) electrons. The van der Waals surface area contributed by atoms with Crippen molar-refractivity contribution in [2.45, 2.75) is 117 Å². The Hall–Kier alpha value is -1.17. The zero-order chi connectivity index (χ0) is 21.5. The van der Waals surface area contributed by atoms with E-state index in [1.165, 1.54) is 96.3 Å². The van der Waals surface area contributed by atoms with Crippen molar-refractivity contribution in [3.8, 4) is 0 Å². The summed E-state index contributed by atoms with van der Waals surface area (Å²) in [6.45, 7) is 8.09. The summed E-state index contributed by atoms with van der Waals surface area (Å²) in [6, 6.07) is 0. The Bertz CT molecular complexity index is 381. The average molecular weight is 417 g/mol. The smallest absolute Gasteiger partial charge is 0.511 e. The van der Waals surface area contributed by atoms with Gasteiger partial charge in [-0.05, 0) is 13.3 Å². The minimum atomic E-state index is -3.13. The Kier molecular flexibility index (Phi) is 24.7. The monoisotopic (exact) mass is 416 g/mol. The predicted molar refractivity (Wildman–Crippen MR) is 116 cm³/mol. The van der Waals surface area contributed by atoms with Crippen molar-refractivity contribution in [1.82, 2.24) is 0 Å². The number of unbranched alkanes of at least 4 members (excludes halogenated alkanes) is 15. The molecule has 0 aromatic heterocycles. The van der Waals surface area contributed by atoms with Gasteiger partial charge in [0, 0.05) is 5.57 Å². The Morgan fingerprint density at radius 3 is 1.32 bits per heavy atom. The molecule has 0 saturated heterocycles. The fraction of sp³-hybridized carbons (Fsp3) is 0.864. The van der Waals surface area contributed by atoms with E-state index in [1.54, 1.807) is 6.92 Å². The van der Waals surface area contributed by atoms with Crippen LogP contribution in [0.5, 0.6) is 0 Å². The van der Waals surface area contributed by atoms with Gasteiger partial charge in [-0.25, -0.2) is 4.79 Å². The summed E-state index contributed by atoms with van der Waals surface area (Å²) in [6.07, 6.45) is 21.7. The van der Waals surface area contributed by atoms with E-state index in [-0.39, 0.29) is 5.97 Å². The Balaban J connectivity index is 0. The Morgan fingerprint density at radius 1 is 0.750 bits per heavy atom. The number of carbonyl (C=O) groups excluding carboxylic acids is 1. The van der Waals surface area contributed by atoms with E-state index >= 15 is 0 Å². The summed E-state index contributed by atoms with van der Waals surface area (Å²) < 4.78 is 13.8. The minimum Gasteiger partial charge on any atom is -0.511 e. The van der Waals surface area contributed by atoms with Crippen LogP contribution >= 0.6 is 0 Å². The largest absolute Gasteiger partial charge is 0.761 e. The molecule has 0 saturated carbocycles. The molecule has 0 rings (SSSR count). The molecule has 0 heterocycles. The third-order valence-corrected chi connectivity index (χ3v) is 4.58. The number of hydrogen-bond donors (Lipinski definition) is 2. The van der Waals surface area contributed by atoms with Gasteiger partial charge in [-0.15, -0.1) is 0 Å². The van der Waals surface area contributed by atoms with Gasteiger partial charge in [0.1, 0.15) is 0 Å². The third kappa shape index (κ3) is 29.6. The van der Waals surface area contributed by atoms with Crippen molar-refractivity contribution in [3.63, 3.8) is 0 Å². The van der Waals surface area contributed by atoms with Gasteiger partial charge in [0.15, 0.2) is 0 Å². The molecule has 0 unspecified atom stereocenters. The molecule has 0 aliphatic rings. The molecule has 166 valence electrons. The van der Waals surface area contributed by atoms with Crippen molar-refractivity contribution < 1.29 is 23.6 Å². The molecule has 0 aromatic carbocycles. The van der Waals surface area contributed by atoms with Crippen molar-refractivity contribution in [3.05, 3.63) is 12.2 Å². The van der Waals surface area contributed by atoms with E-state index in [0.29, 0.717) is 12.2 Å². The number of esters is 1. The van der Waals surface area contributed by atoms with E-state index in [4.69, 9.17) is 18.8 Å². The van der Waals surface area contributed by atoms with Gasteiger partial charge in [-0.1, -0.05) is 110 Å². The van der Waals surface area contributed by atoms with Crippen LogP contribution in [0.2, 0.25) is 0 Å². The lowest BCUT2D eigenvalue weighted by molar-refractivity contribution is -0.139. The molecule has 0 amide bonds. The molecule has 0 fully saturated rings. The molecule has 28 heavy (non-hydrogen) atoms. The standard InChI is InChI=1S/C22H42O2.H2O3Si/c1-4-5-6-7-8-9-10-11-12-13-14-15-16-17-18-19-20-24-22(23)21(2)3;1-4(2)3/h2,4-20H2,1,3H3;1-2H. The highest BCUT2D eigenvalue weighted by Crippen LogP contribution is 2.13. The van der Waals surface area contributed by atoms with Crippen LogP contribution in [0.15, 0.2) is 12.2 Å². The topological polar surface area (TPSA) is 83.8 Å². The maximum atomic E-state index is 11.2. The minimum absolute atomic E-state index is 0.254. The van der Waals surface area contributed by atoms with Crippen LogP contribution in [-0.4, -0.2) is 31.3 Å². The quantitative estimate of drug-likeness (QED) is 0.129. The Morgan fingerprint density at radius 2 is 1.04 bits per heavy atom. The van der Waals surface area contributed by atoms with Crippen molar-refractivity contribution >= 4 is 15.1 Å². The van der Waals surface area contributed by atoms with E-state index in [0.717, 1.165) is 6.42 Å². The zero-order valence-electron chi connectivity index (χ0n) is 18.3. The molecule has 0 aliphatic heterocycles. The van der Waals surface area contributed by atoms with E-state index in [9.17, 15) is 4.79 Å². The molecule has 0 bridgehead atoms. The fourth-order valence-corrected chi connectivity index (χ4v) is 2.94. The lowest BCUT2D eigenvalue weighted by atomic mass is 10.0. The van der Waals surface area contributed by atoms with Crippen LogP contribution in [0, 0.1) is 0 Å². The first-order valence-corrected chi connectivity index (χ1v) is 12.5. The first kappa shape index (κ1) is 29.0. The zero-order valence-corrected chi connectivity index (χ0v) is 19.3. The van der Waals surface area contributed by atoms with Crippen LogP contribution in [0.1, 0.15) is 117 Å². The van der Waals surface area contributed by atoms with Gasteiger partial charge in [0.2, 0.25) is 0 Å². The maximum Gasteiger partial charge on any atom is 0.761 e. The fourth-order valence-electron chi connectivity index (χ4n) is 2.94. The van der Waals surface area contributed by atoms with Gasteiger partial charge in [0.05, 0.1) is 6.61 Å². The second-order valence-electron chi connectivity index (χ2n) is 7.50. The van der Waals surface area contributed by atoms with Crippen LogP contribution in [0.3, 0.4) is 0 Å². The Labute approximate surface area is 174 Å². The first-order chi connectivity index (χ1) is 13.4. The molecule has 0 aliphatic carbocycles. The number of ether oxygens (including phenoxy) is 1. The van der Waals surface area contributed by atoms with Crippen molar-refractivity contribution in [2.24, 2.45) is 0 Å². The van der Waals surface area contributed by atoms with Crippen molar-refractivity contribution in [1.29, 1.82) is 0 Å². The number of hydrogen-bond acceptors (Lipinski definition) is 3. The third-order valence-electron chi connectivity index (χ3n) is 4.58. The van der Waals surface area contributed by atoms with Crippen molar-refractivity contribution in [2.75, 3.05) is 6.61 Å². The van der Waals surface area contributed by atoms with Gasteiger partial charge in [-0.3, -0.25) is 4.46 Å². The van der Waals surface area contributed by atoms with E-state index < -0.39 is 9.17 Å². The molecular weight excluding hydrogens is 372 g/mol. The maximum absolute atomic E-state index is 11.2. The summed E-state index contributed by atoms with van der Waals surface area (Å²) in [5, 5.41) is 0. The average Bonchev–Trinajstić information content (AvgIpc) is 2.63. The summed E-state index contributed by atoms with van der Waals surface area (Å²) in [7, 11) is -3.13. The molecule has 6 heteroatoms. The molecule has 2 N–H and O–H groups in total. The normalized spacial score (nSPS) is 10.1. The van der Waals surface area contributed by atoms with Crippen LogP contribution in [-0.2, 0) is 14.0 Å². The molecule has 0 spiro atoms. The van der Waals surface area contributed by atoms with Crippen LogP contribution < -0.4 is 0 Å². The highest BCUT2D eigenvalue weighted by atomic mass is 28.3. The second kappa shape index (κ2) is 23.9. The van der Waals surface area contributed by atoms with Gasteiger partial charge in [-0.2, -0.15) is 0 Å². The summed E-state index contributed by atoms with van der Waals surface area (Å²) in [5.74, 6) is -0.254. The van der Waals surface area contributed by atoms with Crippen LogP contribution in [0.25, 0.3) is 0 Å². The molecular formula is C22H44O5Si. The SMILES string of the molecule is C=C(C)C(=O)OCCCCCCCCCCCCCCCCCC.O=[Si](O)O. The summed E-state index contributed by atoms with van der Waals surface area (Å²) in [4.78, 5) is 25.5. The number of rotatable bonds is 18. The highest BCUT2D eigenvalue weighted by molar-refractivity contribution is 6.22. The molecule has 5 nitrogen and oxygen atoms in total. The first-order valence-electron chi connectivity index (χ1n) is 11.2. The van der Waals surface area contributed by atoms with Crippen LogP contribution in [0.4, 0.5) is 0 Å². The summed E-state index contributed by atoms with van der Waals surface area (Å²) >= 11 is 0. The van der Waals surface area contributed by atoms with Gasteiger partial charge < -0.3 is 14.3 Å². The van der Waals surface area contributed by atoms with Gasteiger partial charge >= 0.3 is 15.1 Å². The van der Waals surface area contributed by atoms with E-state index in [2.05, 4.69) is 13.5 Å². The second-order valence-corrected chi connectivity index (χ2v) is 8.07. The lowest BCUT2D eigenvalue weighted by Crippen LogP contribution is -2.05. The summed E-state index contributed by atoms with van der Waals surface area (Å²) in [5.41, 5.74) is 0.492. The highest BCUT2D eigenvalue weighted by Gasteiger charge is 2.01. The predicted octanol–water partition coefficient (Wildman–Crippen LogP) is 5.75.